The van der Waals surface area contributed by atoms with E-state index in [2.05, 4.69) is 15.6 Å². The Hall–Kier alpha value is -1.91. The van der Waals surface area contributed by atoms with Crippen molar-refractivity contribution in [3.05, 3.63) is 29.6 Å². The number of nitrogens with zero attached hydrogens (tertiary/aromatic N) is 1. The normalized spacial score (nSPS) is 24.9. The van der Waals surface area contributed by atoms with Crippen LogP contribution in [0, 0.1) is 6.92 Å². The van der Waals surface area contributed by atoms with Crippen LogP contribution >= 0.6 is 0 Å². The summed E-state index contributed by atoms with van der Waals surface area (Å²) in [5.74, 6) is -0.349. The van der Waals surface area contributed by atoms with Gasteiger partial charge in [0, 0.05) is 17.5 Å². The Morgan fingerprint density at radius 1 is 1.33 bits per heavy atom. The Bertz CT molecular complexity index is 427. The molecule has 1 fully saturated rings. The molecule has 1 aliphatic rings. The molecule has 5 heteroatoms. The predicted octanol–water partition coefficient (Wildman–Crippen LogP) is 0.445. The van der Waals surface area contributed by atoms with Crippen LogP contribution in [-0.4, -0.2) is 16.9 Å². The average Bonchev–Trinajstić information content (AvgIpc) is 2.42. The highest BCUT2D eigenvalue weighted by Crippen LogP contribution is 2.23. The lowest BCUT2D eigenvalue weighted by Crippen LogP contribution is -2.40. The number of carbonyl (C=O) groups is 2. The summed E-state index contributed by atoms with van der Waals surface area (Å²) in [7, 11) is 0. The largest absolute Gasteiger partial charge is 0.322 e. The molecule has 3 amide bonds. The zero-order valence-electron chi connectivity index (χ0n) is 8.50. The van der Waals surface area contributed by atoms with E-state index in [4.69, 9.17) is 0 Å². The highest BCUT2D eigenvalue weighted by molar-refractivity contribution is 6.07. The van der Waals surface area contributed by atoms with Crippen molar-refractivity contribution >= 4 is 11.9 Å². The lowest BCUT2D eigenvalue weighted by atomic mass is 9.94. The second kappa shape index (κ2) is 3.05. The van der Waals surface area contributed by atoms with Gasteiger partial charge in [0.05, 0.1) is 0 Å². The van der Waals surface area contributed by atoms with E-state index >= 15 is 0 Å². The van der Waals surface area contributed by atoms with Crippen molar-refractivity contribution in [3.8, 4) is 0 Å². The van der Waals surface area contributed by atoms with Crippen LogP contribution < -0.4 is 10.6 Å². The second-order valence-electron chi connectivity index (χ2n) is 3.72. The van der Waals surface area contributed by atoms with Crippen molar-refractivity contribution in [2.75, 3.05) is 0 Å². The molecule has 1 saturated heterocycles. The molecule has 15 heavy (non-hydrogen) atoms. The first-order valence-electron chi connectivity index (χ1n) is 4.59. The number of hydrogen-bond donors (Lipinski definition) is 2. The second-order valence-corrected chi connectivity index (χ2v) is 3.72. The fourth-order valence-corrected chi connectivity index (χ4v) is 1.51. The maximum absolute atomic E-state index is 11.6. The number of nitrogens with one attached hydrogen (secondary N) is 2. The van der Waals surface area contributed by atoms with Gasteiger partial charge in [-0.25, -0.2) is 4.79 Å². The van der Waals surface area contributed by atoms with Crippen molar-refractivity contribution < 1.29 is 9.59 Å². The van der Waals surface area contributed by atoms with Crippen molar-refractivity contribution in [1.29, 1.82) is 0 Å². The first kappa shape index (κ1) is 9.64. The maximum Gasteiger partial charge on any atom is 0.322 e. The average molecular weight is 205 g/mol. The van der Waals surface area contributed by atoms with Crippen molar-refractivity contribution in [1.82, 2.24) is 15.6 Å². The van der Waals surface area contributed by atoms with E-state index in [0.717, 1.165) is 5.69 Å². The van der Waals surface area contributed by atoms with Gasteiger partial charge < -0.3 is 5.32 Å². The zero-order chi connectivity index (χ0) is 11.1. The number of hydrogen-bond acceptors (Lipinski definition) is 3. The first-order chi connectivity index (χ1) is 7.02. The molecule has 2 heterocycles. The summed E-state index contributed by atoms with van der Waals surface area (Å²) in [4.78, 5) is 26.7. The molecule has 0 aliphatic carbocycles. The van der Waals surface area contributed by atoms with Crippen LogP contribution in [0.2, 0.25) is 0 Å². The quantitative estimate of drug-likeness (QED) is 0.654. The maximum atomic E-state index is 11.6. The molecule has 78 valence electrons. The fourth-order valence-electron chi connectivity index (χ4n) is 1.51. The summed E-state index contributed by atoms with van der Waals surface area (Å²) < 4.78 is 0. The number of urea groups is 1. The third-order valence-corrected chi connectivity index (χ3v) is 2.53. The molecule has 0 aromatic carbocycles. The Balaban J connectivity index is 2.41. The summed E-state index contributed by atoms with van der Waals surface area (Å²) in [5, 5.41) is 4.78. The van der Waals surface area contributed by atoms with E-state index in [-0.39, 0.29) is 5.91 Å². The first-order valence-corrected chi connectivity index (χ1v) is 4.59. The highest BCUT2D eigenvalue weighted by Gasteiger charge is 2.43. The smallest absolute Gasteiger partial charge is 0.320 e. The van der Waals surface area contributed by atoms with Crippen LogP contribution in [-0.2, 0) is 10.3 Å². The summed E-state index contributed by atoms with van der Waals surface area (Å²) in [5.41, 5.74) is 0.543. The van der Waals surface area contributed by atoms with Gasteiger partial charge in [0.1, 0.15) is 5.54 Å². The topological polar surface area (TPSA) is 71.1 Å². The van der Waals surface area contributed by atoms with Crippen molar-refractivity contribution in [2.45, 2.75) is 19.4 Å². The van der Waals surface area contributed by atoms with Crippen molar-refractivity contribution in [3.63, 3.8) is 0 Å². The molecule has 1 unspecified atom stereocenters. The monoisotopic (exact) mass is 205 g/mol. The van der Waals surface area contributed by atoms with E-state index in [1.165, 1.54) is 0 Å². The van der Waals surface area contributed by atoms with Gasteiger partial charge >= 0.3 is 6.03 Å². The van der Waals surface area contributed by atoms with Gasteiger partial charge in [0.25, 0.3) is 5.91 Å². The molecule has 1 atom stereocenters. The summed E-state index contributed by atoms with van der Waals surface area (Å²) >= 11 is 0. The molecule has 0 saturated carbocycles. The number of carbonyl (C=O) groups excluding carboxylic acids is 2. The van der Waals surface area contributed by atoms with Gasteiger partial charge in [-0.1, -0.05) is 6.07 Å². The van der Waals surface area contributed by atoms with E-state index in [0.29, 0.717) is 5.56 Å². The molecule has 1 aliphatic heterocycles. The molecule has 0 spiro atoms. The van der Waals surface area contributed by atoms with Gasteiger partial charge in [0.15, 0.2) is 0 Å². The Labute approximate surface area is 86.9 Å². The molecule has 1 aromatic rings. The number of pyridine rings is 1. The predicted molar refractivity (Wildman–Crippen MR) is 53.0 cm³/mol. The SMILES string of the molecule is Cc1ccc(C2(C)NC(=O)NC2=O)cn1. The minimum Gasteiger partial charge on any atom is -0.320 e. The molecular formula is C10H11N3O2. The molecule has 5 nitrogen and oxygen atoms in total. The van der Waals surface area contributed by atoms with Gasteiger partial charge in [-0.15, -0.1) is 0 Å². The molecular weight excluding hydrogens is 194 g/mol. The Morgan fingerprint density at radius 2 is 2.07 bits per heavy atom. The minimum atomic E-state index is -1.00. The number of imide groups is 1. The van der Waals surface area contributed by atoms with E-state index in [1.807, 2.05) is 6.92 Å². The molecule has 2 N–H and O–H groups in total. The van der Waals surface area contributed by atoms with Crippen LogP contribution in [0.1, 0.15) is 18.2 Å². The van der Waals surface area contributed by atoms with E-state index in [1.54, 1.807) is 25.3 Å². The standard InChI is InChI=1S/C10H11N3O2/c1-6-3-4-7(5-11-6)10(2)8(14)12-9(15)13-10/h3-5H,1-2H3,(H2,12,13,14,15). The van der Waals surface area contributed by atoms with Gasteiger partial charge in [0.2, 0.25) is 0 Å². The summed E-state index contributed by atoms with van der Waals surface area (Å²) in [6, 6.07) is 3.12. The summed E-state index contributed by atoms with van der Waals surface area (Å²) in [6.07, 6.45) is 1.60. The fraction of sp³-hybridized carbons (Fsp3) is 0.300. The van der Waals surface area contributed by atoms with Crippen LogP contribution in [0.25, 0.3) is 0 Å². The van der Waals surface area contributed by atoms with E-state index in [9.17, 15) is 9.59 Å². The minimum absolute atomic E-state index is 0.349. The third kappa shape index (κ3) is 1.45. The van der Waals surface area contributed by atoms with E-state index < -0.39 is 11.6 Å². The van der Waals surface area contributed by atoms with Crippen LogP contribution in [0.3, 0.4) is 0 Å². The van der Waals surface area contributed by atoms with Gasteiger partial charge in [-0.2, -0.15) is 0 Å². The molecule has 2 rings (SSSR count). The zero-order valence-corrected chi connectivity index (χ0v) is 8.50. The number of amides is 3. The summed E-state index contributed by atoms with van der Waals surface area (Å²) in [6.45, 7) is 3.51. The lowest BCUT2D eigenvalue weighted by molar-refractivity contribution is -0.123. The van der Waals surface area contributed by atoms with Gasteiger partial charge in [-0.05, 0) is 19.9 Å². The number of rotatable bonds is 1. The van der Waals surface area contributed by atoms with Crippen LogP contribution in [0.4, 0.5) is 4.79 Å². The van der Waals surface area contributed by atoms with Crippen molar-refractivity contribution in [2.24, 2.45) is 0 Å². The number of aryl methyl sites for hydroxylation is 1. The third-order valence-electron chi connectivity index (χ3n) is 2.53. The number of aromatic nitrogens is 1. The van der Waals surface area contributed by atoms with Crippen LogP contribution in [0.5, 0.6) is 0 Å². The van der Waals surface area contributed by atoms with Crippen LogP contribution in [0.15, 0.2) is 18.3 Å². The Morgan fingerprint density at radius 3 is 2.53 bits per heavy atom. The molecule has 0 radical (unpaired) electrons. The lowest BCUT2D eigenvalue weighted by Gasteiger charge is -2.20. The molecule has 0 bridgehead atoms. The Kier molecular flexibility index (Phi) is 1.96. The van der Waals surface area contributed by atoms with Gasteiger partial charge in [-0.3, -0.25) is 15.1 Å². The highest BCUT2D eigenvalue weighted by atomic mass is 16.2. The molecule has 1 aromatic heterocycles.